The van der Waals surface area contributed by atoms with Crippen molar-refractivity contribution in [3.05, 3.63) is 48.0 Å². The fraction of sp³-hybridized carbons (Fsp3) is 0.565. The van der Waals surface area contributed by atoms with E-state index in [1.165, 1.54) is 19.8 Å². The van der Waals surface area contributed by atoms with Crippen LogP contribution in [0, 0.1) is 17.3 Å². The summed E-state index contributed by atoms with van der Waals surface area (Å²) in [6, 6.07) is 12.7. The topological polar surface area (TPSA) is 52.6 Å². The predicted octanol–water partition coefficient (Wildman–Crippen LogP) is 4.80. The maximum Gasteiger partial charge on any atom is 0.323 e. The minimum Gasteiger partial charge on any atom is -0.468 e. The average Bonchev–Trinajstić information content (AvgIpc) is 3.04. The van der Waals surface area contributed by atoms with Crippen molar-refractivity contribution < 1.29 is 19.1 Å². The molecule has 0 unspecified atom stereocenters. The lowest BCUT2D eigenvalue weighted by Crippen LogP contribution is -2.39. The molecule has 0 heterocycles. The Morgan fingerprint density at radius 2 is 1.71 bits per heavy atom. The molecular weight excluding hydrogens is 368 g/mol. The summed E-state index contributed by atoms with van der Waals surface area (Å²) in [6.07, 6.45) is 6.27. The van der Waals surface area contributed by atoms with E-state index in [1.54, 1.807) is 0 Å². The predicted molar refractivity (Wildman–Crippen MR) is 115 cm³/mol. The van der Waals surface area contributed by atoms with Crippen molar-refractivity contribution in [2.45, 2.75) is 51.4 Å². The molecule has 1 fully saturated rings. The number of hydrogen-bond acceptors (Lipinski definition) is 4. The van der Waals surface area contributed by atoms with E-state index in [0.717, 1.165) is 18.5 Å². The normalized spacial score (nSPS) is 21.6. The van der Waals surface area contributed by atoms with Crippen LogP contribution in [0.1, 0.15) is 31.7 Å². The van der Waals surface area contributed by atoms with Gasteiger partial charge < -0.3 is 9.47 Å². The molecule has 0 bridgehead atoms. The summed E-state index contributed by atoms with van der Waals surface area (Å²) in [4.78, 5) is 25.2. The van der Waals surface area contributed by atoms with Gasteiger partial charge in [0.25, 0.3) is 0 Å². The third kappa shape index (κ3) is 5.13. The molecule has 154 valence electrons. The lowest BCUT2D eigenvalue weighted by molar-refractivity contribution is -0.169. The smallest absolute Gasteiger partial charge is 0.323 e. The molecule has 4 nitrogen and oxygen atoms in total. The largest absolute Gasteiger partial charge is 0.468 e. The molecule has 0 amide bonds. The van der Waals surface area contributed by atoms with E-state index in [2.05, 4.69) is 56.4 Å². The van der Waals surface area contributed by atoms with Crippen molar-refractivity contribution in [2.75, 3.05) is 14.2 Å². The third-order valence-electron chi connectivity index (χ3n) is 5.91. The number of ether oxygens (including phenoxy) is 2. The highest BCUT2D eigenvalue weighted by Crippen LogP contribution is 2.51. The van der Waals surface area contributed by atoms with Crippen LogP contribution in [-0.2, 0) is 25.1 Å². The minimum absolute atomic E-state index is 0.195. The molecule has 0 spiro atoms. The van der Waals surface area contributed by atoms with Gasteiger partial charge in [-0.25, -0.2) is 0 Å². The quantitative estimate of drug-likeness (QED) is 0.271. The van der Waals surface area contributed by atoms with Crippen LogP contribution < -0.4 is 0 Å². The Labute approximate surface area is 170 Å². The Hall–Kier alpha value is -1.88. The molecule has 5 heteroatoms. The molecule has 28 heavy (non-hydrogen) atoms. The maximum absolute atomic E-state index is 12.6. The highest BCUT2D eigenvalue weighted by Gasteiger charge is 2.57. The van der Waals surface area contributed by atoms with Crippen LogP contribution in [0.25, 0.3) is 0 Å². The first kappa shape index (κ1) is 22.4. The number of benzene rings is 1. The van der Waals surface area contributed by atoms with Crippen LogP contribution in [0.5, 0.6) is 0 Å². The van der Waals surface area contributed by atoms with Crippen LogP contribution in [-0.4, -0.2) is 34.2 Å². The van der Waals surface area contributed by atoms with Gasteiger partial charge >= 0.3 is 11.9 Å². The number of rotatable bonds is 8. The van der Waals surface area contributed by atoms with Gasteiger partial charge in [0.05, 0.1) is 22.3 Å². The summed E-state index contributed by atoms with van der Waals surface area (Å²) in [5.74, 6) is -0.439. The lowest BCUT2D eigenvalue weighted by Gasteiger charge is -2.29. The molecule has 0 radical (unpaired) electrons. The molecule has 0 saturated heterocycles. The number of allylic oxidation sites excluding steroid dienone is 2. The first-order valence-corrected chi connectivity index (χ1v) is 13.6. The summed E-state index contributed by atoms with van der Waals surface area (Å²) in [5, 5.41) is 0. The second-order valence-electron chi connectivity index (χ2n) is 8.76. The van der Waals surface area contributed by atoms with E-state index in [-0.39, 0.29) is 11.8 Å². The fourth-order valence-electron chi connectivity index (χ4n) is 4.75. The minimum atomic E-state index is -1.58. The average molecular weight is 403 g/mol. The van der Waals surface area contributed by atoms with Crippen LogP contribution >= 0.6 is 0 Å². The van der Waals surface area contributed by atoms with Gasteiger partial charge in [-0.15, -0.1) is 0 Å². The summed E-state index contributed by atoms with van der Waals surface area (Å²) >= 11 is 0. The van der Waals surface area contributed by atoms with Gasteiger partial charge in [0, 0.05) is 0 Å². The number of carbonyl (C=O) groups is 2. The monoisotopic (exact) mass is 402 g/mol. The standard InChI is InChI=1S/C23H34O4Si/c1-6-7-13-19-14-23(21(24)26-2,22(25)27-3)15-20(19)17-28(4,5)16-18-11-9-8-10-12-18/h7-13,19-20H,6,14-17H2,1-5H3/b13-7+/t19-,20+/m1/s1. The van der Waals surface area contributed by atoms with Gasteiger partial charge in [0.15, 0.2) is 5.41 Å². The van der Waals surface area contributed by atoms with E-state index in [4.69, 9.17) is 9.47 Å². The third-order valence-corrected chi connectivity index (χ3v) is 8.91. The highest BCUT2D eigenvalue weighted by atomic mass is 28.3. The van der Waals surface area contributed by atoms with Gasteiger partial charge in [0.2, 0.25) is 0 Å². The Morgan fingerprint density at radius 1 is 1.11 bits per heavy atom. The van der Waals surface area contributed by atoms with Gasteiger partial charge in [-0.1, -0.05) is 74.1 Å². The van der Waals surface area contributed by atoms with Crippen LogP contribution in [0.15, 0.2) is 42.5 Å². The Balaban J connectivity index is 2.27. The zero-order chi connectivity index (χ0) is 20.8. The van der Waals surface area contributed by atoms with Crippen molar-refractivity contribution in [2.24, 2.45) is 17.3 Å². The van der Waals surface area contributed by atoms with Crippen molar-refractivity contribution in [1.29, 1.82) is 0 Å². The Bertz CT molecular complexity index is 680. The van der Waals surface area contributed by atoms with Crippen LogP contribution in [0.4, 0.5) is 0 Å². The Morgan fingerprint density at radius 3 is 2.25 bits per heavy atom. The molecule has 0 aliphatic heterocycles. The Kier molecular flexibility index (Phi) is 7.64. The molecule has 1 aliphatic carbocycles. The molecule has 1 aromatic carbocycles. The maximum atomic E-state index is 12.6. The van der Waals surface area contributed by atoms with Gasteiger partial charge in [-0.2, -0.15) is 0 Å². The summed E-state index contributed by atoms with van der Waals surface area (Å²) in [5.41, 5.74) is 0.193. The van der Waals surface area contributed by atoms with Crippen molar-refractivity contribution in [1.82, 2.24) is 0 Å². The second-order valence-corrected chi connectivity index (χ2v) is 13.9. The molecule has 0 N–H and O–H groups in total. The second kappa shape index (κ2) is 9.55. The zero-order valence-corrected chi connectivity index (χ0v) is 18.9. The van der Waals surface area contributed by atoms with Crippen LogP contribution in [0.2, 0.25) is 19.1 Å². The first-order chi connectivity index (χ1) is 13.3. The molecular formula is C23H34O4Si. The number of methoxy groups -OCH3 is 2. The van der Waals surface area contributed by atoms with Gasteiger partial charge in [-0.3, -0.25) is 9.59 Å². The molecule has 0 aromatic heterocycles. The SMILES string of the molecule is CC/C=C/[C@@H]1CC(C(=O)OC)(C(=O)OC)C[C@H]1C[Si](C)(C)Cc1ccccc1. The molecule has 1 aromatic rings. The molecule has 1 saturated carbocycles. The zero-order valence-electron chi connectivity index (χ0n) is 17.9. The van der Waals surface area contributed by atoms with E-state index in [9.17, 15) is 9.59 Å². The number of esters is 2. The van der Waals surface area contributed by atoms with E-state index in [0.29, 0.717) is 12.8 Å². The van der Waals surface area contributed by atoms with Gasteiger partial charge in [-0.05, 0) is 37.1 Å². The fourth-order valence-corrected chi connectivity index (χ4v) is 8.10. The summed E-state index contributed by atoms with van der Waals surface area (Å²) in [6.45, 7) is 6.90. The first-order valence-electron chi connectivity index (χ1n) is 10.2. The van der Waals surface area contributed by atoms with E-state index >= 15 is 0 Å². The summed E-state index contributed by atoms with van der Waals surface area (Å²) in [7, 11) is 1.12. The lowest BCUT2D eigenvalue weighted by atomic mass is 9.85. The van der Waals surface area contributed by atoms with Crippen molar-refractivity contribution in [3.8, 4) is 0 Å². The highest BCUT2D eigenvalue weighted by molar-refractivity contribution is 6.76. The van der Waals surface area contributed by atoms with Gasteiger partial charge in [0.1, 0.15) is 0 Å². The number of carbonyl (C=O) groups excluding carboxylic acids is 2. The van der Waals surface area contributed by atoms with Crippen LogP contribution in [0.3, 0.4) is 0 Å². The summed E-state index contributed by atoms with van der Waals surface area (Å²) < 4.78 is 10.1. The molecule has 2 atom stereocenters. The van der Waals surface area contributed by atoms with E-state index in [1.807, 2.05) is 6.07 Å². The van der Waals surface area contributed by atoms with E-state index < -0.39 is 25.4 Å². The number of hydrogen-bond donors (Lipinski definition) is 0. The molecule has 2 rings (SSSR count). The van der Waals surface area contributed by atoms with Crippen molar-refractivity contribution >= 4 is 20.0 Å². The molecule has 1 aliphatic rings. The van der Waals surface area contributed by atoms with Crippen molar-refractivity contribution in [3.63, 3.8) is 0 Å².